The minimum absolute atomic E-state index is 0.0291. The lowest BCUT2D eigenvalue weighted by molar-refractivity contribution is -0.134. The number of ether oxygens (including phenoxy) is 1. The molecule has 0 spiro atoms. The number of ketones is 1. The number of allylic oxidation sites excluding steroid dienone is 4. The third-order valence-corrected chi connectivity index (χ3v) is 5.50. The van der Waals surface area contributed by atoms with Crippen LogP contribution in [0.2, 0.25) is 0 Å². The normalized spacial score (nSPS) is 22.3. The first-order chi connectivity index (χ1) is 12.8. The number of aliphatic hydroxyl groups is 1. The van der Waals surface area contributed by atoms with Gasteiger partial charge in [0.25, 0.3) is 0 Å². The maximum absolute atomic E-state index is 12.2. The zero-order valence-corrected chi connectivity index (χ0v) is 17.3. The molecule has 0 bridgehead atoms. The van der Waals surface area contributed by atoms with Crippen molar-refractivity contribution in [3.63, 3.8) is 0 Å². The van der Waals surface area contributed by atoms with E-state index < -0.39 is 6.10 Å². The van der Waals surface area contributed by atoms with Gasteiger partial charge in [0, 0.05) is 18.4 Å². The number of hydrogen-bond acceptors (Lipinski definition) is 4. The number of Topliss-reactive ketones (excluding diaryl/α,β-unsaturated/α-hetero) is 1. The topological polar surface area (TPSA) is 63.6 Å². The van der Waals surface area contributed by atoms with Gasteiger partial charge in [0.15, 0.2) is 0 Å². The minimum Gasteiger partial charge on any atom is -0.466 e. The molecular formula is C23H36O4. The Balaban J connectivity index is 2.55. The first-order valence-electron chi connectivity index (χ1n) is 10.1. The fourth-order valence-electron chi connectivity index (χ4n) is 3.48. The molecule has 0 aromatic carbocycles. The van der Waals surface area contributed by atoms with Crippen LogP contribution in [0.5, 0.6) is 0 Å². The molecule has 0 aromatic heterocycles. The van der Waals surface area contributed by atoms with E-state index in [2.05, 4.69) is 31.6 Å². The first-order valence-corrected chi connectivity index (χ1v) is 10.1. The van der Waals surface area contributed by atoms with Gasteiger partial charge in [0.1, 0.15) is 5.78 Å². The number of hydrogen-bond donors (Lipinski definition) is 1. The molecule has 1 saturated carbocycles. The second-order valence-electron chi connectivity index (χ2n) is 8.08. The Bertz CT molecular complexity index is 557. The Morgan fingerprint density at radius 3 is 2.78 bits per heavy atom. The van der Waals surface area contributed by atoms with Gasteiger partial charge in [-0.25, -0.2) is 4.79 Å². The Morgan fingerprint density at radius 2 is 2.11 bits per heavy atom. The van der Waals surface area contributed by atoms with E-state index in [9.17, 15) is 14.7 Å². The quantitative estimate of drug-likeness (QED) is 0.244. The van der Waals surface area contributed by atoms with Crippen molar-refractivity contribution in [1.29, 1.82) is 0 Å². The van der Waals surface area contributed by atoms with Gasteiger partial charge >= 0.3 is 5.97 Å². The highest BCUT2D eigenvalue weighted by molar-refractivity contribution is 5.83. The van der Waals surface area contributed by atoms with Gasteiger partial charge in [-0.3, -0.25) is 4.79 Å². The molecule has 152 valence electrons. The molecule has 4 heteroatoms. The highest BCUT2D eigenvalue weighted by Crippen LogP contribution is 2.35. The smallest absolute Gasteiger partial charge is 0.330 e. The number of aliphatic hydroxyl groups excluding tert-OH is 1. The van der Waals surface area contributed by atoms with Crippen LogP contribution in [0.1, 0.15) is 65.7 Å². The minimum atomic E-state index is -0.483. The van der Waals surface area contributed by atoms with Crippen molar-refractivity contribution in [3.05, 3.63) is 36.5 Å². The van der Waals surface area contributed by atoms with Gasteiger partial charge in [-0.2, -0.15) is 0 Å². The Hall–Kier alpha value is -1.68. The molecule has 27 heavy (non-hydrogen) atoms. The summed E-state index contributed by atoms with van der Waals surface area (Å²) in [7, 11) is 1.34. The number of methoxy groups -OCH3 is 1. The van der Waals surface area contributed by atoms with Crippen LogP contribution in [0.3, 0.4) is 0 Å². The van der Waals surface area contributed by atoms with Crippen LogP contribution in [0.4, 0.5) is 0 Å². The van der Waals surface area contributed by atoms with E-state index in [1.54, 1.807) is 12.2 Å². The van der Waals surface area contributed by atoms with Crippen molar-refractivity contribution in [2.45, 2.75) is 71.8 Å². The van der Waals surface area contributed by atoms with Crippen molar-refractivity contribution < 1.29 is 19.4 Å². The largest absolute Gasteiger partial charge is 0.466 e. The zero-order chi connectivity index (χ0) is 20.3. The van der Waals surface area contributed by atoms with Crippen molar-refractivity contribution >= 4 is 11.8 Å². The average molecular weight is 377 g/mol. The molecule has 0 heterocycles. The predicted octanol–water partition coefficient (Wildman–Crippen LogP) is 4.78. The molecule has 1 rings (SSSR count). The van der Waals surface area contributed by atoms with Crippen LogP contribution < -0.4 is 0 Å². The average Bonchev–Trinajstić information content (AvgIpc) is 3.00. The van der Waals surface area contributed by atoms with E-state index in [4.69, 9.17) is 0 Å². The highest BCUT2D eigenvalue weighted by atomic mass is 16.5. The molecule has 1 N–H and O–H groups in total. The Labute approximate surface area is 164 Å². The third-order valence-electron chi connectivity index (χ3n) is 5.50. The van der Waals surface area contributed by atoms with Crippen LogP contribution in [0.25, 0.3) is 0 Å². The van der Waals surface area contributed by atoms with E-state index >= 15 is 0 Å². The van der Waals surface area contributed by atoms with E-state index in [-0.39, 0.29) is 23.2 Å². The summed E-state index contributed by atoms with van der Waals surface area (Å²) in [6.45, 7) is 6.36. The lowest BCUT2D eigenvalue weighted by Crippen LogP contribution is -2.27. The fourth-order valence-corrected chi connectivity index (χ4v) is 3.48. The fraction of sp³-hybridized carbons (Fsp3) is 0.652. The third kappa shape index (κ3) is 8.25. The summed E-state index contributed by atoms with van der Waals surface area (Å²) >= 11 is 0. The van der Waals surface area contributed by atoms with Crippen LogP contribution in [-0.4, -0.2) is 30.1 Å². The van der Waals surface area contributed by atoms with E-state index in [0.717, 1.165) is 38.5 Å². The second kappa shape index (κ2) is 11.9. The zero-order valence-electron chi connectivity index (χ0n) is 17.3. The van der Waals surface area contributed by atoms with Gasteiger partial charge < -0.3 is 9.84 Å². The Morgan fingerprint density at radius 1 is 1.37 bits per heavy atom. The lowest BCUT2D eigenvalue weighted by atomic mass is 9.80. The van der Waals surface area contributed by atoms with Crippen LogP contribution >= 0.6 is 0 Å². The molecule has 1 aliphatic rings. The van der Waals surface area contributed by atoms with E-state index in [0.29, 0.717) is 12.2 Å². The van der Waals surface area contributed by atoms with Gasteiger partial charge in [-0.15, -0.1) is 0 Å². The monoisotopic (exact) mass is 376 g/mol. The molecular weight excluding hydrogens is 340 g/mol. The standard InChI is InChI=1S/C23H36O4/c1-5-6-17-23(2,3)21(25)16-14-18-13-15-20(24)19(18)11-9-7-8-10-12-22(26)27-4/h7-8,10,12,14,16,18-19,21,25H,5-6,9,11,13,15,17H2,1-4H3/b8-7?,12-10+,16-14+. The summed E-state index contributed by atoms with van der Waals surface area (Å²) in [4.78, 5) is 23.2. The first kappa shape index (κ1) is 23.4. The molecule has 3 unspecified atom stereocenters. The van der Waals surface area contributed by atoms with Crippen LogP contribution in [0.15, 0.2) is 36.5 Å². The molecule has 1 aliphatic carbocycles. The summed E-state index contributed by atoms with van der Waals surface area (Å²) < 4.78 is 4.53. The maximum Gasteiger partial charge on any atom is 0.330 e. The molecule has 0 amide bonds. The van der Waals surface area contributed by atoms with Crippen molar-refractivity contribution in [1.82, 2.24) is 0 Å². The summed E-state index contributed by atoms with van der Waals surface area (Å²) in [6.07, 6.45) is 16.6. The van der Waals surface area contributed by atoms with Gasteiger partial charge in [0.05, 0.1) is 13.2 Å². The SMILES string of the molecule is CCCCC(C)(C)C(O)/C=C/C1CCC(=O)C1CCC=C/C=C/C(=O)OC. The lowest BCUT2D eigenvalue weighted by Gasteiger charge is -2.29. The number of carbonyl (C=O) groups is 2. The number of carbonyl (C=O) groups excluding carboxylic acids is 2. The summed E-state index contributed by atoms with van der Waals surface area (Å²) in [6, 6.07) is 0. The van der Waals surface area contributed by atoms with Crippen LogP contribution in [-0.2, 0) is 14.3 Å². The number of rotatable bonds is 11. The van der Waals surface area contributed by atoms with E-state index in [1.807, 2.05) is 12.2 Å². The molecule has 4 nitrogen and oxygen atoms in total. The highest BCUT2D eigenvalue weighted by Gasteiger charge is 2.33. The molecule has 0 aromatic rings. The number of esters is 1. The van der Waals surface area contributed by atoms with Crippen LogP contribution in [0, 0.1) is 17.3 Å². The van der Waals surface area contributed by atoms with Crippen molar-refractivity contribution in [2.24, 2.45) is 17.3 Å². The Kier molecular flexibility index (Phi) is 10.3. The molecule has 0 aliphatic heterocycles. The maximum atomic E-state index is 12.2. The number of unbranched alkanes of at least 4 members (excludes halogenated alkanes) is 1. The molecule has 1 fully saturated rings. The van der Waals surface area contributed by atoms with Crippen molar-refractivity contribution in [3.8, 4) is 0 Å². The predicted molar refractivity (Wildman–Crippen MR) is 109 cm³/mol. The van der Waals surface area contributed by atoms with Gasteiger partial charge in [0.2, 0.25) is 0 Å². The summed E-state index contributed by atoms with van der Waals surface area (Å²) in [5.74, 6) is 0.189. The molecule has 3 atom stereocenters. The summed E-state index contributed by atoms with van der Waals surface area (Å²) in [5.41, 5.74) is -0.140. The van der Waals surface area contributed by atoms with Gasteiger partial charge in [-0.1, -0.05) is 64.0 Å². The van der Waals surface area contributed by atoms with E-state index in [1.165, 1.54) is 13.2 Å². The summed E-state index contributed by atoms with van der Waals surface area (Å²) in [5, 5.41) is 10.5. The molecule has 0 saturated heterocycles. The molecule has 0 radical (unpaired) electrons. The van der Waals surface area contributed by atoms with Gasteiger partial charge in [-0.05, 0) is 37.0 Å². The second-order valence-corrected chi connectivity index (χ2v) is 8.08. The van der Waals surface area contributed by atoms with Crippen molar-refractivity contribution in [2.75, 3.05) is 7.11 Å².